The Labute approximate surface area is 118 Å². The highest BCUT2D eigenvalue weighted by Gasteiger charge is 2.62. The third-order valence-corrected chi connectivity index (χ3v) is 7.38. The van der Waals surface area contributed by atoms with Crippen LogP contribution in [-0.4, -0.2) is 12.7 Å². The van der Waals surface area contributed by atoms with Gasteiger partial charge >= 0.3 is 0 Å². The van der Waals surface area contributed by atoms with Crippen LogP contribution in [0.15, 0.2) is 0 Å². The molecule has 0 saturated heterocycles. The molecule has 1 nitrogen and oxygen atoms in total. The molecule has 0 N–H and O–H groups in total. The van der Waals surface area contributed by atoms with Crippen LogP contribution in [0.3, 0.4) is 0 Å². The molecule has 4 saturated carbocycles. The van der Waals surface area contributed by atoms with Crippen molar-refractivity contribution in [3.63, 3.8) is 0 Å². The van der Waals surface area contributed by atoms with Crippen molar-refractivity contribution in [1.29, 1.82) is 0 Å². The molecule has 0 aromatic rings. The molecule has 0 amide bonds. The van der Waals surface area contributed by atoms with Crippen molar-refractivity contribution in [2.24, 2.45) is 47.3 Å². The van der Waals surface area contributed by atoms with Crippen LogP contribution in [0.4, 0.5) is 0 Å². The lowest BCUT2D eigenvalue weighted by Crippen LogP contribution is -2.35. The van der Waals surface area contributed by atoms with Crippen LogP contribution in [0.5, 0.6) is 0 Å². The second-order valence-corrected chi connectivity index (χ2v) is 8.43. The van der Waals surface area contributed by atoms with E-state index in [9.17, 15) is 0 Å². The van der Waals surface area contributed by atoms with Gasteiger partial charge in [-0.15, -0.1) is 0 Å². The van der Waals surface area contributed by atoms with Gasteiger partial charge in [0.25, 0.3) is 0 Å². The van der Waals surface area contributed by atoms with Crippen molar-refractivity contribution in [3.05, 3.63) is 0 Å². The summed E-state index contributed by atoms with van der Waals surface area (Å²) in [5.74, 6) is 8.25. The standard InChI is InChI=1S/C18H30O/c1-10(2)11(3)19-9-15-7-14-8-16(15)18-13-5-4-12(6-13)17(14)18/h10-18H,4-9H2,1-3H3/t11-,12?,13?,14?,15?,16?,17?,18?/m1/s1. The molecule has 1 heteroatoms. The molecule has 4 aliphatic rings. The zero-order chi connectivity index (χ0) is 13.1. The topological polar surface area (TPSA) is 9.23 Å². The SMILES string of the molecule is CC(C)[C@@H](C)OCC1CC2CC1C1C3CCC(C3)C21. The summed E-state index contributed by atoms with van der Waals surface area (Å²) in [5, 5.41) is 0. The second-order valence-electron chi connectivity index (χ2n) is 8.43. The third-order valence-electron chi connectivity index (χ3n) is 7.38. The van der Waals surface area contributed by atoms with Gasteiger partial charge in [0.1, 0.15) is 0 Å². The zero-order valence-corrected chi connectivity index (χ0v) is 12.8. The molecule has 0 aromatic carbocycles. The molecule has 0 aliphatic heterocycles. The van der Waals surface area contributed by atoms with Crippen LogP contribution in [-0.2, 0) is 4.74 Å². The second kappa shape index (κ2) is 4.48. The normalized spacial score (nSPS) is 52.1. The summed E-state index contributed by atoms with van der Waals surface area (Å²) in [5.41, 5.74) is 0. The van der Waals surface area contributed by atoms with E-state index < -0.39 is 0 Å². The molecule has 0 heterocycles. The zero-order valence-electron chi connectivity index (χ0n) is 12.8. The maximum atomic E-state index is 6.17. The Morgan fingerprint density at radius 3 is 2.37 bits per heavy atom. The lowest BCUT2D eigenvalue weighted by atomic mass is 9.68. The van der Waals surface area contributed by atoms with Gasteiger partial charge in [-0.2, -0.15) is 0 Å². The van der Waals surface area contributed by atoms with Gasteiger partial charge in [-0.1, -0.05) is 13.8 Å². The van der Waals surface area contributed by atoms with E-state index in [1.54, 1.807) is 25.7 Å². The maximum Gasteiger partial charge on any atom is 0.0570 e. The van der Waals surface area contributed by atoms with E-state index in [1.165, 1.54) is 6.42 Å². The largest absolute Gasteiger partial charge is 0.378 e. The fourth-order valence-electron chi connectivity index (χ4n) is 6.36. The highest BCUT2D eigenvalue weighted by Crippen LogP contribution is 2.68. The summed E-state index contributed by atoms with van der Waals surface area (Å²) in [6.45, 7) is 7.86. The van der Waals surface area contributed by atoms with E-state index >= 15 is 0 Å². The Morgan fingerprint density at radius 1 is 0.895 bits per heavy atom. The lowest BCUT2D eigenvalue weighted by Gasteiger charge is -2.39. The van der Waals surface area contributed by atoms with Crippen LogP contribution in [0.25, 0.3) is 0 Å². The minimum atomic E-state index is 0.440. The van der Waals surface area contributed by atoms with Crippen molar-refractivity contribution >= 4 is 0 Å². The summed E-state index contributed by atoms with van der Waals surface area (Å²) >= 11 is 0. The summed E-state index contributed by atoms with van der Waals surface area (Å²) in [6.07, 6.45) is 8.23. The molecule has 7 unspecified atom stereocenters. The molecule has 0 radical (unpaired) electrons. The van der Waals surface area contributed by atoms with Gasteiger partial charge in [0.05, 0.1) is 12.7 Å². The van der Waals surface area contributed by atoms with Crippen LogP contribution in [0.1, 0.15) is 52.9 Å². The van der Waals surface area contributed by atoms with E-state index in [2.05, 4.69) is 20.8 Å². The first kappa shape index (κ1) is 12.7. The lowest BCUT2D eigenvalue weighted by molar-refractivity contribution is -0.0163. The van der Waals surface area contributed by atoms with Gasteiger partial charge in [0, 0.05) is 0 Å². The summed E-state index contributed by atoms with van der Waals surface area (Å²) in [6, 6.07) is 0. The predicted octanol–water partition coefficient (Wildman–Crippen LogP) is 4.37. The Balaban J connectivity index is 1.40. The van der Waals surface area contributed by atoms with Gasteiger partial charge in [-0.05, 0) is 86.4 Å². The highest BCUT2D eigenvalue weighted by atomic mass is 16.5. The number of fused-ring (bicyclic) bond motifs is 9. The fourth-order valence-corrected chi connectivity index (χ4v) is 6.36. The first-order valence-corrected chi connectivity index (χ1v) is 8.76. The van der Waals surface area contributed by atoms with Crippen molar-refractivity contribution in [1.82, 2.24) is 0 Å². The molecule has 4 bridgehead atoms. The Kier molecular flexibility index (Phi) is 2.99. The summed E-state index contributed by atoms with van der Waals surface area (Å²) in [7, 11) is 0. The highest BCUT2D eigenvalue weighted by molar-refractivity contribution is 5.10. The van der Waals surface area contributed by atoms with Crippen molar-refractivity contribution in [2.45, 2.75) is 59.0 Å². The average Bonchev–Trinajstić information content (AvgIpc) is 3.12. The molecule has 4 aliphatic carbocycles. The van der Waals surface area contributed by atoms with Gasteiger partial charge in [-0.25, -0.2) is 0 Å². The summed E-state index contributed by atoms with van der Waals surface area (Å²) < 4.78 is 6.17. The van der Waals surface area contributed by atoms with Crippen molar-refractivity contribution in [2.75, 3.05) is 6.61 Å². The molecule has 8 atom stereocenters. The minimum absolute atomic E-state index is 0.440. The molecular formula is C18H30O. The summed E-state index contributed by atoms with van der Waals surface area (Å²) in [4.78, 5) is 0. The smallest absolute Gasteiger partial charge is 0.0570 e. The number of rotatable bonds is 4. The predicted molar refractivity (Wildman–Crippen MR) is 77.8 cm³/mol. The van der Waals surface area contributed by atoms with Crippen molar-refractivity contribution < 1.29 is 4.74 Å². The van der Waals surface area contributed by atoms with Crippen LogP contribution in [0, 0.1) is 47.3 Å². The average molecular weight is 262 g/mol. The van der Waals surface area contributed by atoms with Gasteiger partial charge in [-0.3, -0.25) is 0 Å². The van der Waals surface area contributed by atoms with E-state index in [0.717, 1.165) is 48.0 Å². The number of ether oxygens (including phenoxy) is 1. The van der Waals surface area contributed by atoms with E-state index in [4.69, 9.17) is 4.74 Å². The van der Waals surface area contributed by atoms with Gasteiger partial charge in [0.2, 0.25) is 0 Å². The fraction of sp³-hybridized carbons (Fsp3) is 1.00. The molecule has 108 valence electrons. The van der Waals surface area contributed by atoms with E-state index in [1.807, 2.05) is 0 Å². The molecule has 4 rings (SSSR count). The Morgan fingerprint density at radius 2 is 1.63 bits per heavy atom. The van der Waals surface area contributed by atoms with Gasteiger partial charge in [0.15, 0.2) is 0 Å². The Hall–Kier alpha value is -0.0400. The maximum absolute atomic E-state index is 6.17. The van der Waals surface area contributed by atoms with E-state index in [-0.39, 0.29) is 0 Å². The van der Waals surface area contributed by atoms with Crippen molar-refractivity contribution in [3.8, 4) is 0 Å². The molecule has 0 spiro atoms. The monoisotopic (exact) mass is 262 g/mol. The molecule has 19 heavy (non-hydrogen) atoms. The molecule has 0 aromatic heterocycles. The van der Waals surface area contributed by atoms with Crippen LogP contribution in [0.2, 0.25) is 0 Å². The van der Waals surface area contributed by atoms with E-state index in [0.29, 0.717) is 12.0 Å². The van der Waals surface area contributed by atoms with Crippen LogP contribution >= 0.6 is 0 Å². The molecular weight excluding hydrogens is 232 g/mol. The first-order chi connectivity index (χ1) is 9.15. The number of hydrogen-bond acceptors (Lipinski definition) is 1. The van der Waals surface area contributed by atoms with Crippen LogP contribution < -0.4 is 0 Å². The minimum Gasteiger partial charge on any atom is -0.378 e. The third kappa shape index (κ3) is 1.83. The molecule has 4 fully saturated rings. The number of hydrogen-bond donors (Lipinski definition) is 0. The Bertz CT molecular complexity index is 350. The first-order valence-electron chi connectivity index (χ1n) is 8.76. The quantitative estimate of drug-likeness (QED) is 0.684. The van der Waals surface area contributed by atoms with Gasteiger partial charge < -0.3 is 4.74 Å².